The molecular weight excluding hydrogens is 751 g/mol. The lowest BCUT2D eigenvalue weighted by Gasteiger charge is -2.28. The number of hydrogen-bond donors (Lipinski definition) is 0. The number of furan rings is 1. The van der Waals surface area contributed by atoms with E-state index in [0.717, 1.165) is 59.8 Å². The second-order valence-corrected chi connectivity index (χ2v) is 15.4. The molecule has 11 aromatic carbocycles. The molecule has 0 amide bonds. The summed E-state index contributed by atoms with van der Waals surface area (Å²) >= 11 is 0. The van der Waals surface area contributed by atoms with Crippen LogP contribution < -0.4 is 4.90 Å². The molecule has 2 heteroatoms. The Bertz CT molecular complexity index is 4070. The van der Waals surface area contributed by atoms with E-state index in [4.69, 9.17) is 4.42 Å². The third-order valence-corrected chi connectivity index (χ3v) is 11.8. The molecule has 0 saturated heterocycles. The van der Waals surface area contributed by atoms with E-state index in [9.17, 15) is 11.0 Å². The average molecular weight is 798 g/mol. The van der Waals surface area contributed by atoms with Crippen LogP contribution in [0.4, 0.5) is 17.1 Å². The second kappa shape index (κ2) is 14.8. The number of benzene rings is 11. The summed E-state index contributed by atoms with van der Waals surface area (Å²) < 4.78 is 84.4. The summed E-state index contributed by atoms with van der Waals surface area (Å²) in [5.74, 6) is 0. The number of hydrogen-bond acceptors (Lipinski definition) is 2. The molecule has 0 fully saturated rings. The Labute approximate surface area is 371 Å². The van der Waals surface area contributed by atoms with Gasteiger partial charge >= 0.3 is 0 Å². The molecule has 290 valence electrons. The van der Waals surface area contributed by atoms with Crippen LogP contribution in [0.25, 0.3) is 98.8 Å². The molecule has 12 rings (SSSR count). The Kier molecular flexibility index (Phi) is 6.76. The van der Waals surface area contributed by atoms with Gasteiger partial charge in [-0.1, -0.05) is 182 Å². The van der Waals surface area contributed by atoms with Crippen molar-refractivity contribution in [1.29, 1.82) is 0 Å². The summed E-state index contributed by atoms with van der Waals surface area (Å²) in [5, 5.41) is 7.61. The minimum Gasteiger partial charge on any atom is -0.455 e. The monoisotopic (exact) mass is 797 g/mol. The molecule has 2 nitrogen and oxygen atoms in total. The third-order valence-electron chi connectivity index (χ3n) is 11.8. The molecule has 0 saturated carbocycles. The number of nitrogens with zero attached hydrogens (tertiary/aromatic N) is 1. The van der Waals surface area contributed by atoms with Gasteiger partial charge in [-0.15, -0.1) is 0 Å². The summed E-state index contributed by atoms with van der Waals surface area (Å²) in [6, 6.07) is 56.9. The highest BCUT2D eigenvalue weighted by atomic mass is 16.3. The highest BCUT2D eigenvalue weighted by Gasteiger charge is 2.19. The normalized spacial score (nSPS) is 13.4. The fourth-order valence-corrected chi connectivity index (χ4v) is 8.81. The number of rotatable bonds is 7. The quantitative estimate of drug-likeness (QED) is 0.160. The zero-order valence-corrected chi connectivity index (χ0v) is 33.3. The van der Waals surface area contributed by atoms with Gasteiger partial charge in [-0.25, -0.2) is 0 Å². The molecule has 0 spiro atoms. The van der Waals surface area contributed by atoms with E-state index in [0.29, 0.717) is 33.5 Å². The summed E-state index contributed by atoms with van der Waals surface area (Å²) in [5.41, 5.74) is 5.47. The van der Waals surface area contributed by atoms with E-state index in [1.165, 1.54) is 4.90 Å². The van der Waals surface area contributed by atoms with Gasteiger partial charge in [0, 0.05) is 33.1 Å². The number of para-hydroxylation sites is 1. The van der Waals surface area contributed by atoms with E-state index in [-0.39, 0.29) is 46.7 Å². The second-order valence-electron chi connectivity index (χ2n) is 15.4. The minimum absolute atomic E-state index is 0.0859. The van der Waals surface area contributed by atoms with Gasteiger partial charge in [-0.3, -0.25) is 0 Å². The molecule has 0 atom stereocenters. The highest BCUT2D eigenvalue weighted by Crippen LogP contribution is 2.44. The summed E-state index contributed by atoms with van der Waals surface area (Å²) in [6.45, 7) is 0. The van der Waals surface area contributed by atoms with Gasteiger partial charge in [0.25, 0.3) is 0 Å². The van der Waals surface area contributed by atoms with Crippen molar-refractivity contribution in [2.24, 2.45) is 0 Å². The smallest absolute Gasteiger partial charge is 0.143 e. The van der Waals surface area contributed by atoms with Crippen molar-refractivity contribution in [2.75, 3.05) is 4.90 Å². The molecule has 0 aliphatic carbocycles. The maximum absolute atomic E-state index is 9.84. The van der Waals surface area contributed by atoms with E-state index < -0.39 is 24.2 Å². The molecule has 62 heavy (non-hydrogen) atoms. The number of anilines is 3. The highest BCUT2D eigenvalue weighted by molar-refractivity contribution is 6.15. The Hall–Kier alpha value is -8.20. The molecule has 1 heterocycles. The summed E-state index contributed by atoms with van der Waals surface area (Å²) in [6.07, 6.45) is 0. The molecule has 0 unspecified atom stereocenters. The molecule has 12 aromatic rings. The standard InChI is InChI=1S/C60H39NO/c1-4-19-50-41(12-1)15-10-23-52(50)44-28-34-49(35-29-44)61(48-32-26-40(27-33-48)45-17-9-18-46(38-45)53-24-11-16-42-13-2-5-20-51(42)53)58-25-8-7-21-54(58)47-31-36-56-57-37-30-43-14-3-6-22-55(43)60(57)62-59(56)39-47/h1-39H/i26D,27D,28D,29D,32D,33D,34D,35D. The Morgan fingerprint density at radius 2 is 0.823 bits per heavy atom. The van der Waals surface area contributed by atoms with Crippen LogP contribution in [-0.2, 0) is 0 Å². The first kappa shape index (κ1) is 28.3. The topological polar surface area (TPSA) is 16.4 Å². The van der Waals surface area contributed by atoms with Crippen LogP contribution in [0, 0.1) is 0 Å². The first-order valence-electron chi connectivity index (χ1n) is 24.6. The van der Waals surface area contributed by atoms with Crippen molar-refractivity contribution in [3.63, 3.8) is 0 Å². The van der Waals surface area contributed by atoms with Gasteiger partial charge in [-0.2, -0.15) is 0 Å². The largest absolute Gasteiger partial charge is 0.455 e. The van der Waals surface area contributed by atoms with Gasteiger partial charge in [0.15, 0.2) is 0 Å². The van der Waals surface area contributed by atoms with Crippen LogP contribution >= 0.6 is 0 Å². The lowest BCUT2D eigenvalue weighted by atomic mass is 9.95. The first-order chi connectivity index (χ1) is 34.1. The van der Waals surface area contributed by atoms with Gasteiger partial charge in [0.1, 0.15) is 11.2 Å². The van der Waals surface area contributed by atoms with Gasteiger partial charge < -0.3 is 9.32 Å². The Morgan fingerprint density at radius 3 is 1.53 bits per heavy atom. The third kappa shape index (κ3) is 6.12. The molecule has 0 aliphatic rings. The van der Waals surface area contributed by atoms with E-state index >= 15 is 0 Å². The summed E-state index contributed by atoms with van der Waals surface area (Å²) in [7, 11) is 0. The maximum atomic E-state index is 9.84. The van der Waals surface area contributed by atoms with Crippen molar-refractivity contribution >= 4 is 71.3 Å². The van der Waals surface area contributed by atoms with Crippen molar-refractivity contribution < 1.29 is 15.4 Å². The van der Waals surface area contributed by atoms with Crippen LogP contribution in [0.2, 0.25) is 0 Å². The van der Waals surface area contributed by atoms with Gasteiger partial charge in [-0.05, 0) is 120 Å². The lowest BCUT2D eigenvalue weighted by Crippen LogP contribution is -2.11. The molecule has 0 aliphatic heterocycles. The van der Waals surface area contributed by atoms with Crippen LogP contribution in [0.15, 0.2) is 241 Å². The SMILES string of the molecule is [2H]c1c([2H])c(N(c2ccccc2-c2ccc3c(c2)oc2c4ccccc4ccc32)c2c([2H])c([2H])c(-c3cccc4ccccc34)c([2H])c2[2H])c([2H])c([2H])c1-c1cccc(-c2cccc3ccccc23)c1. The minimum atomic E-state index is -0.420. The Balaban J connectivity index is 1.09. The molecule has 0 N–H and O–H groups in total. The maximum Gasteiger partial charge on any atom is 0.143 e. The predicted octanol–water partition coefficient (Wildman–Crippen LogP) is 17.2. The van der Waals surface area contributed by atoms with Crippen molar-refractivity contribution in [2.45, 2.75) is 0 Å². The predicted molar refractivity (Wildman–Crippen MR) is 263 cm³/mol. The van der Waals surface area contributed by atoms with Crippen LogP contribution in [0.5, 0.6) is 0 Å². The zero-order chi connectivity index (χ0) is 47.9. The van der Waals surface area contributed by atoms with E-state index in [1.807, 2.05) is 152 Å². The zero-order valence-electron chi connectivity index (χ0n) is 41.3. The summed E-state index contributed by atoms with van der Waals surface area (Å²) in [4.78, 5) is 1.39. The van der Waals surface area contributed by atoms with E-state index in [1.54, 1.807) is 24.3 Å². The molecule has 0 radical (unpaired) electrons. The fraction of sp³-hybridized carbons (Fsp3) is 0. The van der Waals surface area contributed by atoms with Gasteiger partial charge in [0.2, 0.25) is 0 Å². The molecular formula is C60H39NO. The Morgan fingerprint density at radius 1 is 0.323 bits per heavy atom. The first-order valence-corrected chi connectivity index (χ1v) is 20.6. The van der Waals surface area contributed by atoms with Crippen LogP contribution in [0.1, 0.15) is 11.0 Å². The average Bonchev–Trinajstić information content (AvgIpc) is 3.78. The van der Waals surface area contributed by atoms with Crippen LogP contribution in [0.3, 0.4) is 0 Å². The number of fused-ring (bicyclic) bond motifs is 7. The van der Waals surface area contributed by atoms with Crippen LogP contribution in [-0.4, -0.2) is 0 Å². The van der Waals surface area contributed by atoms with E-state index in [2.05, 4.69) is 12.1 Å². The molecule has 0 bridgehead atoms. The van der Waals surface area contributed by atoms with Crippen molar-refractivity contribution in [3.8, 4) is 44.5 Å². The van der Waals surface area contributed by atoms with Crippen molar-refractivity contribution in [3.05, 3.63) is 236 Å². The molecule has 1 aromatic heterocycles. The fourth-order valence-electron chi connectivity index (χ4n) is 8.81. The van der Waals surface area contributed by atoms with Gasteiger partial charge in [0.05, 0.1) is 16.7 Å². The van der Waals surface area contributed by atoms with Crippen molar-refractivity contribution in [1.82, 2.24) is 0 Å². The lowest BCUT2D eigenvalue weighted by molar-refractivity contribution is 0.673.